The molecule has 1 saturated heterocycles. The van der Waals surface area contributed by atoms with Crippen molar-refractivity contribution < 1.29 is 9.59 Å². The van der Waals surface area contributed by atoms with Crippen LogP contribution in [0.25, 0.3) is 5.82 Å². The van der Waals surface area contributed by atoms with Crippen LogP contribution in [0.3, 0.4) is 0 Å². The Kier molecular flexibility index (Phi) is 4.17. The lowest BCUT2D eigenvalue weighted by molar-refractivity contribution is -0.158. The number of aromatic nitrogens is 4. The molecule has 1 aliphatic heterocycles. The highest BCUT2D eigenvalue weighted by Crippen LogP contribution is 2.25. The summed E-state index contributed by atoms with van der Waals surface area (Å²) in [7, 11) is 0. The van der Waals surface area contributed by atoms with Crippen molar-refractivity contribution >= 4 is 11.8 Å². The first-order chi connectivity index (χ1) is 12.2. The molecule has 0 unspecified atom stereocenters. The molecule has 130 valence electrons. The number of piperazine rings is 1. The number of carbonyl (C=O) groups is 2. The molecule has 1 saturated carbocycles. The minimum absolute atomic E-state index is 0.251. The largest absolute Gasteiger partial charge is 0.330 e. The molecule has 0 aromatic carbocycles. The molecule has 2 fully saturated rings. The number of nitrogens with zero attached hydrogens (tertiary/aromatic N) is 6. The Hall–Kier alpha value is -2.77. The van der Waals surface area contributed by atoms with Gasteiger partial charge in [0.2, 0.25) is 0 Å². The van der Waals surface area contributed by atoms with E-state index < -0.39 is 5.91 Å². The van der Waals surface area contributed by atoms with Crippen LogP contribution < -0.4 is 0 Å². The van der Waals surface area contributed by atoms with E-state index in [0.29, 0.717) is 25.5 Å². The topological polar surface area (TPSA) is 84.2 Å². The van der Waals surface area contributed by atoms with Crippen LogP contribution in [-0.4, -0.2) is 60.7 Å². The highest BCUT2D eigenvalue weighted by Gasteiger charge is 2.37. The molecule has 25 heavy (non-hydrogen) atoms. The molecule has 2 aromatic rings. The summed E-state index contributed by atoms with van der Waals surface area (Å²) in [4.78, 5) is 34.0. The van der Waals surface area contributed by atoms with Gasteiger partial charge in [0.25, 0.3) is 0 Å². The maximum Gasteiger partial charge on any atom is 0.312 e. The molecule has 1 aliphatic carbocycles. The van der Waals surface area contributed by atoms with Crippen LogP contribution >= 0.6 is 0 Å². The molecule has 2 aromatic heterocycles. The van der Waals surface area contributed by atoms with E-state index in [2.05, 4.69) is 15.2 Å². The van der Waals surface area contributed by atoms with E-state index >= 15 is 0 Å². The monoisotopic (exact) mass is 340 g/mol. The first kappa shape index (κ1) is 15.7. The van der Waals surface area contributed by atoms with Crippen LogP contribution in [0, 0.1) is 0 Å². The second-order valence-electron chi connectivity index (χ2n) is 6.51. The van der Waals surface area contributed by atoms with Crippen LogP contribution in [-0.2, 0) is 16.1 Å². The van der Waals surface area contributed by atoms with Crippen molar-refractivity contribution in [1.82, 2.24) is 29.8 Å². The fourth-order valence-electron chi connectivity index (χ4n) is 3.59. The van der Waals surface area contributed by atoms with Gasteiger partial charge in [-0.15, -0.1) is 4.80 Å². The maximum absolute atomic E-state index is 12.4. The van der Waals surface area contributed by atoms with Crippen LogP contribution in [0.15, 0.2) is 30.7 Å². The smallest absolute Gasteiger partial charge is 0.312 e. The molecule has 8 nitrogen and oxygen atoms in total. The third kappa shape index (κ3) is 3.11. The summed E-state index contributed by atoms with van der Waals surface area (Å²) in [6.45, 7) is 1.59. The minimum atomic E-state index is -0.407. The van der Waals surface area contributed by atoms with Gasteiger partial charge in [0.05, 0.1) is 12.4 Å². The third-order valence-corrected chi connectivity index (χ3v) is 4.91. The normalized spacial score (nSPS) is 19.0. The van der Waals surface area contributed by atoms with Crippen molar-refractivity contribution in [2.45, 2.75) is 38.3 Å². The summed E-state index contributed by atoms with van der Waals surface area (Å²) in [6, 6.07) is 3.93. The predicted molar refractivity (Wildman–Crippen MR) is 88.5 cm³/mol. The molecule has 8 heteroatoms. The minimum Gasteiger partial charge on any atom is -0.330 e. The molecular weight excluding hydrogens is 320 g/mol. The van der Waals surface area contributed by atoms with Crippen LogP contribution in [0.5, 0.6) is 0 Å². The number of amides is 2. The zero-order valence-electron chi connectivity index (χ0n) is 13.9. The van der Waals surface area contributed by atoms with Gasteiger partial charge >= 0.3 is 11.8 Å². The van der Waals surface area contributed by atoms with E-state index in [1.807, 2.05) is 6.07 Å². The SMILES string of the molecule is O=C1C(=O)N(C2CCCC2)CCN1Cc1ccc(-n2nccn2)nc1. The third-order valence-electron chi connectivity index (χ3n) is 4.91. The van der Waals surface area contributed by atoms with Crippen molar-refractivity contribution in [3.63, 3.8) is 0 Å². The Bertz CT molecular complexity index is 752. The lowest BCUT2D eigenvalue weighted by Gasteiger charge is -2.37. The lowest BCUT2D eigenvalue weighted by atomic mass is 10.1. The summed E-state index contributed by atoms with van der Waals surface area (Å²) in [5.74, 6) is -0.151. The fraction of sp³-hybridized carbons (Fsp3) is 0.471. The Morgan fingerprint density at radius 3 is 2.44 bits per heavy atom. The van der Waals surface area contributed by atoms with Crippen LogP contribution in [0.4, 0.5) is 0 Å². The molecule has 3 heterocycles. The molecule has 0 spiro atoms. The lowest BCUT2D eigenvalue weighted by Crippen LogP contribution is -2.56. The first-order valence-corrected chi connectivity index (χ1v) is 8.64. The van der Waals surface area contributed by atoms with Gasteiger partial charge in [0.1, 0.15) is 0 Å². The van der Waals surface area contributed by atoms with E-state index in [9.17, 15) is 9.59 Å². The summed E-state index contributed by atoms with van der Waals surface area (Å²) in [5, 5.41) is 8.06. The molecular formula is C17H20N6O2. The predicted octanol–water partition coefficient (Wildman–Crippen LogP) is 0.776. The second-order valence-corrected chi connectivity index (χ2v) is 6.51. The average Bonchev–Trinajstić information content (AvgIpc) is 3.33. The Morgan fingerprint density at radius 2 is 1.76 bits per heavy atom. The Labute approximate surface area is 145 Å². The van der Waals surface area contributed by atoms with Crippen molar-refractivity contribution in [1.29, 1.82) is 0 Å². The number of pyridine rings is 1. The molecule has 0 radical (unpaired) electrons. The van der Waals surface area contributed by atoms with Crippen molar-refractivity contribution in [2.75, 3.05) is 13.1 Å². The Morgan fingerprint density at radius 1 is 1.00 bits per heavy atom. The van der Waals surface area contributed by atoms with E-state index in [1.165, 1.54) is 4.80 Å². The average molecular weight is 340 g/mol. The zero-order chi connectivity index (χ0) is 17.2. The summed E-state index contributed by atoms with van der Waals surface area (Å²) in [6.07, 6.45) is 9.20. The van der Waals surface area contributed by atoms with E-state index in [-0.39, 0.29) is 11.9 Å². The van der Waals surface area contributed by atoms with Crippen molar-refractivity contribution in [3.8, 4) is 5.82 Å². The number of hydrogen-bond acceptors (Lipinski definition) is 5. The van der Waals surface area contributed by atoms with Gasteiger partial charge < -0.3 is 9.80 Å². The van der Waals surface area contributed by atoms with E-state index in [0.717, 1.165) is 31.2 Å². The van der Waals surface area contributed by atoms with Gasteiger partial charge in [-0.25, -0.2) is 4.98 Å². The van der Waals surface area contributed by atoms with Crippen molar-refractivity contribution in [3.05, 3.63) is 36.3 Å². The molecule has 0 bridgehead atoms. The van der Waals surface area contributed by atoms with E-state index in [1.54, 1.807) is 34.5 Å². The zero-order valence-corrected chi connectivity index (χ0v) is 13.9. The van der Waals surface area contributed by atoms with Crippen LogP contribution in [0.1, 0.15) is 31.2 Å². The second kappa shape index (κ2) is 6.62. The van der Waals surface area contributed by atoms with Gasteiger partial charge in [-0.05, 0) is 24.5 Å². The number of carbonyl (C=O) groups excluding carboxylic acids is 2. The number of rotatable bonds is 4. The van der Waals surface area contributed by atoms with Gasteiger partial charge in [-0.3, -0.25) is 9.59 Å². The van der Waals surface area contributed by atoms with Crippen LogP contribution in [0.2, 0.25) is 0 Å². The van der Waals surface area contributed by atoms with Gasteiger partial charge in [0.15, 0.2) is 5.82 Å². The number of hydrogen-bond donors (Lipinski definition) is 0. The molecule has 0 N–H and O–H groups in total. The quantitative estimate of drug-likeness (QED) is 0.768. The summed E-state index contributed by atoms with van der Waals surface area (Å²) in [5.41, 5.74) is 0.881. The molecule has 2 amide bonds. The Balaban J connectivity index is 1.41. The highest BCUT2D eigenvalue weighted by molar-refractivity contribution is 6.35. The summed E-state index contributed by atoms with van der Waals surface area (Å²) < 4.78 is 0. The first-order valence-electron chi connectivity index (χ1n) is 8.64. The molecule has 4 rings (SSSR count). The van der Waals surface area contributed by atoms with Gasteiger partial charge in [-0.2, -0.15) is 10.2 Å². The van der Waals surface area contributed by atoms with E-state index in [4.69, 9.17) is 0 Å². The van der Waals surface area contributed by atoms with Gasteiger partial charge in [-0.1, -0.05) is 18.9 Å². The van der Waals surface area contributed by atoms with Gasteiger partial charge in [0, 0.05) is 31.9 Å². The standard InChI is InChI=1S/C17H20N6O2/c24-16-17(25)22(14-3-1-2-4-14)10-9-21(16)12-13-5-6-15(18-11-13)23-19-7-8-20-23/h5-8,11,14H,1-4,9-10,12H2. The highest BCUT2D eigenvalue weighted by atomic mass is 16.2. The van der Waals surface area contributed by atoms with Crippen molar-refractivity contribution in [2.24, 2.45) is 0 Å². The molecule has 2 aliphatic rings. The summed E-state index contributed by atoms with van der Waals surface area (Å²) >= 11 is 0. The fourth-order valence-corrected chi connectivity index (χ4v) is 3.59. The maximum atomic E-state index is 12.4. The molecule has 0 atom stereocenters.